The van der Waals surface area contributed by atoms with Crippen LogP contribution in [0, 0.1) is 6.92 Å². The lowest BCUT2D eigenvalue weighted by atomic mass is 10.1. The number of phenolic OH excluding ortho intramolecular Hbond substituents is 1. The summed E-state index contributed by atoms with van der Waals surface area (Å²) in [5.41, 5.74) is 2.03. The number of aromatic hydroxyl groups is 1. The van der Waals surface area contributed by atoms with Crippen molar-refractivity contribution in [1.29, 1.82) is 0 Å². The van der Waals surface area contributed by atoms with Crippen LogP contribution in [-0.2, 0) is 11.0 Å². The van der Waals surface area contributed by atoms with Crippen LogP contribution in [0.3, 0.4) is 0 Å². The highest BCUT2D eigenvalue weighted by atomic mass is 28.4. The molecular formula is C14H24O2Si. The van der Waals surface area contributed by atoms with Gasteiger partial charge < -0.3 is 9.53 Å². The summed E-state index contributed by atoms with van der Waals surface area (Å²) in [5, 5.41) is 9.97. The molecule has 0 aliphatic carbocycles. The van der Waals surface area contributed by atoms with E-state index >= 15 is 0 Å². The van der Waals surface area contributed by atoms with E-state index in [-0.39, 0.29) is 5.04 Å². The van der Waals surface area contributed by atoms with Gasteiger partial charge in [0.1, 0.15) is 5.75 Å². The van der Waals surface area contributed by atoms with Crippen LogP contribution in [0.2, 0.25) is 18.1 Å². The summed E-state index contributed by atoms with van der Waals surface area (Å²) >= 11 is 0. The van der Waals surface area contributed by atoms with Crippen LogP contribution < -0.4 is 0 Å². The molecule has 0 aliphatic heterocycles. The third-order valence-corrected chi connectivity index (χ3v) is 8.11. The molecule has 1 aromatic carbocycles. The molecule has 0 amide bonds. The molecule has 2 nitrogen and oxygen atoms in total. The summed E-state index contributed by atoms with van der Waals surface area (Å²) in [4.78, 5) is 0. The lowest BCUT2D eigenvalue weighted by Crippen LogP contribution is -2.40. The number of aryl methyl sites for hydroxylation is 1. The van der Waals surface area contributed by atoms with E-state index in [2.05, 4.69) is 33.9 Å². The van der Waals surface area contributed by atoms with Crippen LogP contribution in [0.15, 0.2) is 18.2 Å². The third kappa shape index (κ3) is 3.58. The monoisotopic (exact) mass is 252 g/mol. The first-order chi connectivity index (χ1) is 7.63. The Morgan fingerprint density at radius 2 is 1.82 bits per heavy atom. The molecule has 0 saturated carbocycles. The molecule has 0 aliphatic rings. The minimum absolute atomic E-state index is 0.201. The van der Waals surface area contributed by atoms with Gasteiger partial charge in [-0.2, -0.15) is 0 Å². The average Bonchev–Trinajstić information content (AvgIpc) is 2.18. The van der Waals surface area contributed by atoms with E-state index < -0.39 is 8.32 Å². The molecule has 0 fully saturated rings. The molecule has 0 saturated heterocycles. The van der Waals surface area contributed by atoms with Gasteiger partial charge in [-0.05, 0) is 31.1 Å². The smallest absolute Gasteiger partial charge is 0.192 e. The Morgan fingerprint density at radius 1 is 1.24 bits per heavy atom. The summed E-state index contributed by atoms with van der Waals surface area (Å²) in [5.74, 6) is 0.328. The highest BCUT2D eigenvalue weighted by molar-refractivity contribution is 6.74. The number of rotatable bonds is 3. The molecule has 1 aromatic rings. The molecule has 3 heteroatoms. The lowest BCUT2D eigenvalue weighted by molar-refractivity contribution is 0.271. The number of hydrogen-bond donors (Lipinski definition) is 1. The van der Waals surface area contributed by atoms with Crippen molar-refractivity contribution in [2.45, 2.75) is 52.4 Å². The van der Waals surface area contributed by atoms with Gasteiger partial charge in [0.2, 0.25) is 0 Å². The summed E-state index contributed by atoms with van der Waals surface area (Å²) in [6, 6.07) is 5.63. The minimum atomic E-state index is -1.74. The normalized spacial score (nSPS) is 12.8. The maximum absolute atomic E-state index is 9.77. The first-order valence-electron chi connectivity index (χ1n) is 6.06. The maximum Gasteiger partial charge on any atom is 0.192 e. The van der Waals surface area contributed by atoms with Crippen molar-refractivity contribution >= 4 is 8.32 Å². The second kappa shape index (κ2) is 4.82. The van der Waals surface area contributed by atoms with Gasteiger partial charge in [-0.25, -0.2) is 0 Å². The molecule has 1 rings (SSSR count). The van der Waals surface area contributed by atoms with Gasteiger partial charge in [-0.1, -0.05) is 38.5 Å². The largest absolute Gasteiger partial charge is 0.508 e. The van der Waals surface area contributed by atoms with Gasteiger partial charge in [0.25, 0.3) is 0 Å². The lowest BCUT2D eigenvalue weighted by Gasteiger charge is -2.36. The molecule has 1 N–H and O–H groups in total. The molecule has 0 radical (unpaired) electrons. The van der Waals surface area contributed by atoms with Crippen molar-refractivity contribution < 1.29 is 9.53 Å². The van der Waals surface area contributed by atoms with E-state index in [0.717, 1.165) is 11.1 Å². The Balaban J connectivity index is 2.77. The van der Waals surface area contributed by atoms with Gasteiger partial charge >= 0.3 is 0 Å². The van der Waals surface area contributed by atoms with E-state index in [1.807, 2.05) is 19.1 Å². The van der Waals surface area contributed by atoms with Gasteiger partial charge in [0.05, 0.1) is 6.61 Å². The van der Waals surface area contributed by atoms with E-state index in [1.54, 1.807) is 6.07 Å². The fraction of sp³-hybridized carbons (Fsp3) is 0.571. The van der Waals surface area contributed by atoms with Crippen LogP contribution in [0.25, 0.3) is 0 Å². The summed E-state index contributed by atoms with van der Waals surface area (Å²) in [7, 11) is -1.74. The van der Waals surface area contributed by atoms with Gasteiger partial charge in [0.15, 0.2) is 8.32 Å². The van der Waals surface area contributed by atoms with Gasteiger partial charge in [-0.15, -0.1) is 0 Å². The van der Waals surface area contributed by atoms with E-state index in [0.29, 0.717) is 12.4 Å². The molecule has 17 heavy (non-hydrogen) atoms. The maximum atomic E-state index is 9.77. The molecule has 0 heterocycles. The van der Waals surface area contributed by atoms with E-state index in [1.165, 1.54) is 0 Å². The Hall–Kier alpha value is -0.803. The van der Waals surface area contributed by atoms with Gasteiger partial charge in [-0.3, -0.25) is 0 Å². The Labute approximate surface area is 106 Å². The summed E-state index contributed by atoms with van der Waals surface area (Å²) in [6.07, 6.45) is 0. The zero-order valence-electron chi connectivity index (χ0n) is 11.8. The molecule has 0 aromatic heterocycles. The zero-order chi connectivity index (χ0) is 13.3. The Morgan fingerprint density at radius 3 is 2.35 bits per heavy atom. The minimum Gasteiger partial charge on any atom is -0.508 e. The van der Waals surface area contributed by atoms with E-state index in [9.17, 15) is 5.11 Å². The Bertz CT molecular complexity index is 392. The standard InChI is InChI=1S/C14H24O2Si/c1-11-7-8-13(15)12(9-11)10-16-17(5,6)14(2,3)4/h7-9,15H,10H2,1-6H3. The van der Waals surface area contributed by atoms with Crippen LogP contribution in [0.4, 0.5) is 0 Å². The topological polar surface area (TPSA) is 29.5 Å². The van der Waals surface area contributed by atoms with E-state index in [4.69, 9.17) is 4.43 Å². The van der Waals surface area contributed by atoms with Crippen LogP contribution in [0.5, 0.6) is 5.75 Å². The predicted molar refractivity (Wildman–Crippen MR) is 74.8 cm³/mol. The molecule has 0 spiro atoms. The van der Waals surface area contributed by atoms with Crippen LogP contribution in [-0.4, -0.2) is 13.4 Å². The zero-order valence-corrected chi connectivity index (χ0v) is 12.8. The van der Waals surface area contributed by atoms with Gasteiger partial charge in [0, 0.05) is 5.56 Å². The fourth-order valence-corrected chi connectivity index (χ4v) is 2.25. The summed E-state index contributed by atoms with van der Waals surface area (Å²) < 4.78 is 6.09. The fourth-order valence-electron chi connectivity index (χ4n) is 1.30. The SMILES string of the molecule is Cc1ccc(O)c(CO[Si](C)(C)C(C)(C)C)c1. The first-order valence-corrected chi connectivity index (χ1v) is 8.97. The van der Waals surface area contributed by atoms with Crippen molar-refractivity contribution in [1.82, 2.24) is 0 Å². The quantitative estimate of drug-likeness (QED) is 0.816. The van der Waals surface area contributed by atoms with Crippen molar-refractivity contribution in [2.24, 2.45) is 0 Å². The first kappa shape index (κ1) is 14.3. The molecule has 0 atom stereocenters. The third-order valence-electron chi connectivity index (χ3n) is 3.63. The molecular weight excluding hydrogens is 228 g/mol. The predicted octanol–water partition coefficient (Wildman–Crippen LogP) is 4.22. The number of phenols is 1. The number of hydrogen-bond acceptors (Lipinski definition) is 2. The highest BCUT2D eigenvalue weighted by Gasteiger charge is 2.37. The second-order valence-corrected chi connectivity index (χ2v) is 11.0. The average molecular weight is 252 g/mol. The van der Waals surface area contributed by atoms with Crippen LogP contribution in [0.1, 0.15) is 31.9 Å². The van der Waals surface area contributed by atoms with Crippen molar-refractivity contribution in [3.05, 3.63) is 29.3 Å². The Kier molecular flexibility index (Phi) is 4.05. The highest BCUT2D eigenvalue weighted by Crippen LogP contribution is 2.37. The molecule has 0 unspecified atom stereocenters. The van der Waals surface area contributed by atoms with Crippen LogP contribution >= 0.6 is 0 Å². The van der Waals surface area contributed by atoms with Crippen molar-refractivity contribution in [2.75, 3.05) is 0 Å². The molecule has 96 valence electrons. The van der Waals surface area contributed by atoms with Crippen molar-refractivity contribution in [3.63, 3.8) is 0 Å². The molecule has 0 bridgehead atoms. The van der Waals surface area contributed by atoms with Crippen molar-refractivity contribution in [3.8, 4) is 5.75 Å². The number of benzene rings is 1. The summed E-state index contributed by atoms with van der Waals surface area (Å²) in [6.45, 7) is 13.6. The second-order valence-electron chi connectivity index (χ2n) is 6.18.